The number of hydrogen-bond acceptors (Lipinski definition) is 2. The predicted octanol–water partition coefficient (Wildman–Crippen LogP) is 2.67. The Bertz CT molecular complexity index is 733. The number of aromatic nitrogens is 3. The summed E-state index contributed by atoms with van der Waals surface area (Å²) in [6, 6.07) is 6.55. The van der Waals surface area contributed by atoms with Gasteiger partial charge in [-0.2, -0.15) is 0 Å². The molecule has 0 amide bonds. The van der Waals surface area contributed by atoms with Crippen LogP contribution in [0.2, 0.25) is 0 Å². The first-order chi connectivity index (χ1) is 9.11. The van der Waals surface area contributed by atoms with Gasteiger partial charge in [0.2, 0.25) is 5.78 Å². The molecule has 1 aromatic carbocycles. The van der Waals surface area contributed by atoms with E-state index >= 15 is 0 Å². The van der Waals surface area contributed by atoms with Crippen molar-refractivity contribution in [3.05, 3.63) is 35.7 Å². The Morgan fingerprint density at radius 3 is 2.79 bits per heavy atom. The summed E-state index contributed by atoms with van der Waals surface area (Å²) in [6.45, 7) is 5.29. The van der Waals surface area contributed by atoms with Gasteiger partial charge < -0.3 is 9.88 Å². The summed E-state index contributed by atoms with van der Waals surface area (Å²) in [6.07, 6.45) is 2.17. The minimum atomic E-state index is 0.537. The van der Waals surface area contributed by atoms with Crippen molar-refractivity contribution in [3.8, 4) is 0 Å². The van der Waals surface area contributed by atoms with Crippen molar-refractivity contribution in [1.29, 1.82) is 0 Å². The van der Waals surface area contributed by atoms with Crippen LogP contribution in [0.5, 0.6) is 0 Å². The van der Waals surface area contributed by atoms with E-state index in [1.165, 1.54) is 16.8 Å². The molecule has 19 heavy (non-hydrogen) atoms. The highest BCUT2D eigenvalue weighted by Gasteiger charge is 2.12. The molecule has 4 nitrogen and oxygen atoms in total. The summed E-state index contributed by atoms with van der Waals surface area (Å²) in [5.41, 5.74) is 4.85. The van der Waals surface area contributed by atoms with Crippen molar-refractivity contribution in [2.24, 2.45) is 7.05 Å². The van der Waals surface area contributed by atoms with Crippen LogP contribution < -0.4 is 5.32 Å². The van der Waals surface area contributed by atoms with Gasteiger partial charge in [-0.25, -0.2) is 4.98 Å². The first kappa shape index (κ1) is 12.2. The highest BCUT2D eigenvalue weighted by molar-refractivity contribution is 5.80. The van der Waals surface area contributed by atoms with Gasteiger partial charge in [0.05, 0.1) is 16.7 Å². The van der Waals surface area contributed by atoms with Crippen LogP contribution in [0.25, 0.3) is 16.8 Å². The van der Waals surface area contributed by atoms with Crippen molar-refractivity contribution in [1.82, 2.24) is 19.3 Å². The van der Waals surface area contributed by atoms with Crippen LogP contribution in [0, 0.1) is 0 Å². The van der Waals surface area contributed by atoms with Crippen molar-refractivity contribution >= 4 is 16.8 Å². The third-order valence-electron chi connectivity index (χ3n) is 3.73. The Hall–Kier alpha value is -1.81. The highest BCUT2D eigenvalue weighted by Crippen LogP contribution is 2.23. The first-order valence-corrected chi connectivity index (χ1v) is 6.72. The average Bonchev–Trinajstić information content (AvgIpc) is 2.88. The fraction of sp³-hybridized carbons (Fsp3) is 0.400. The largest absolute Gasteiger partial charge is 0.316 e. The highest BCUT2D eigenvalue weighted by atomic mass is 15.2. The fourth-order valence-electron chi connectivity index (χ4n) is 2.53. The minimum Gasteiger partial charge on any atom is -0.316 e. The van der Waals surface area contributed by atoms with Crippen LogP contribution >= 0.6 is 0 Å². The molecule has 4 heteroatoms. The molecule has 0 spiro atoms. The van der Waals surface area contributed by atoms with E-state index < -0.39 is 0 Å². The van der Waals surface area contributed by atoms with Gasteiger partial charge in [0.25, 0.3) is 0 Å². The summed E-state index contributed by atoms with van der Waals surface area (Å²) in [5.74, 6) is 1.54. The monoisotopic (exact) mass is 256 g/mol. The summed E-state index contributed by atoms with van der Waals surface area (Å²) in [7, 11) is 4.03. The van der Waals surface area contributed by atoms with E-state index in [0.29, 0.717) is 5.92 Å². The maximum absolute atomic E-state index is 4.72. The summed E-state index contributed by atoms with van der Waals surface area (Å²) < 4.78 is 4.33. The quantitative estimate of drug-likeness (QED) is 0.781. The van der Waals surface area contributed by atoms with Gasteiger partial charge in [0, 0.05) is 19.8 Å². The average molecular weight is 256 g/mol. The second-order valence-corrected chi connectivity index (χ2v) is 5.39. The van der Waals surface area contributed by atoms with E-state index in [4.69, 9.17) is 4.98 Å². The van der Waals surface area contributed by atoms with Crippen LogP contribution in [-0.4, -0.2) is 21.0 Å². The number of rotatable bonds is 3. The molecular formula is C15H20N4. The van der Waals surface area contributed by atoms with E-state index in [2.05, 4.69) is 59.6 Å². The van der Waals surface area contributed by atoms with E-state index in [1.54, 1.807) is 0 Å². The minimum absolute atomic E-state index is 0.537. The van der Waals surface area contributed by atoms with Crippen LogP contribution in [0.15, 0.2) is 24.4 Å². The maximum atomic E-state index is 4.72. The SMILES string of the molecule is CNCc1cn2c3cc(C(C)C)ccc3nc2n1C. The van der Waals surface area contributed by atoms with Crippen LogP contribution in [-0.2, 0) is 13.6 Å². The summed E-state index contributed by atoms with van der Waals surface area (Å²) >= 11 is 0. The number of hydrogen-bond donors (Lipinski definition) is 1. The Labute approximate surface area is 113 Å². The van der Waals surface area contributed by atoms with Gasteiger partial charge in [-0.3, -0.25) is 4.40 Å². The molecule has 1 N–H and O–H groups in total. The standard InChI is InChI=1S/C15H20N4/c1-10(2)11-5-6-13-14(7-11)19-9-12(8-16-3)18(4)15(19)17-13/h5-7,9-10,16H,8H2,1-4H3. The zero-order valence-corrected chi connectivity index (χ0v) is 11.9. The lowest BCUT2D eigenvalue weighted by Gasteiger charge is -2.04. The van der Waals surface area contributed by atoms with E-state index in [-0.39, 0.29) is 0 Å². The molecule has 100 valence electrons. The molecular weight excluding hydrogens is 236 g/mol. The molecule has 2 heterocycles. The lowest BCUT2D eigenvalue weighted by atomic mass is 10.0. The molecule has 3 aromatic rings. The second kappa shape index (κ2) is 4.38. The van der Waals surface area contributed by atoms with Crippen LogP contribution in [0.1, 0.15) is 31.0 Å². The Balaban J connectivity index is 2.27. The lowest BCUT2D eigenvalue weighted by molar-refractivity contribution is 0.742. The molecule has 0 bridgehead atoms. The summed E-state index contributed by atoms with van der Waals surface area (Å²) in [5, 5.41) is 3.19. The smallest absolute Gasteiger partial charge is 0.214 e. The molecule has 0 aliphatic rings. The zero-order chi connectivity index (χ0) is 13.6. The Kier molecular flexibility index (Phi) is 2.82. The summed E-state index contributed by atoms with van der Waals surface area (Å²) in [4.78, 5) is 4.72. The van der Waals surface area contributed by atoms with Gasteiger partial charge in [-0.05, 0) is 30.7 Å². The molecule has 0 saturated heterocycles. The third kappa shape index (κ3) is 1.83. The van der Waals surface area contributed by atoms with E-state index in [9.17, 15) is 0 Å². The molecule has 0 aliphatic heterocycles. The molecule has 0 unspecified atom stereocenters. The molecule has 0 fully saturated rings. The topological polar surface area (TPSA) is 34.3 Å². The van der Waals surface area contributed by atoms with Gasteiger partial charge >= 0.3 is 0 Å². The van der Waals surface area contributed by atoms with Gasteiger partial charge in [0.1, 0.15) is 0 Å². The number of nitrogens with one attached hydrogen (secondary N) is 1. The molecule has 0 radical (unpaired) electrons. The predicted molar refractivity (Wildman–Crippen MR) is 78.5 cm³/mol. The number of benzene rings is 1. The van der Waals surface area contributed by atoms with Gasteiger partial charge in [-0.15, -0.1) is 0 Å². The number of aryl methyl sites for hydroxylation is 1. The zero-order valence-electron chi connectivity index (χ0n) is 11.9. The molecule has 2 aromatic heterocycles. The van der Waals surface area contributed by atoms with Gasteiger partial charge in [0.15, 0.2) is 0 Å². The van der Waals surface area contributed by atoms with Crippen LogP contribution in [0.4, 0.5) is 0 Å². The molecule has 3 rings (SSSR count). The molecule has 0 saturated carbocycles. The van der Waals surface area contributed by atoms with Gasteiger partial charge in [-0.1, -0.05) is 19.9 Å². The fourth-order valence-corrected chi connectivity index (χ4v) is 2.53. The van der Waals surface area contributed by atoms with Crippen molar-refractivity contribution in [2.45, 2.75) is 26.3 Å². The lowest BCUT2D eigenvalue weighted by Crippen LogP contribution is -2.08. The van der Waals surface area contributed by atoms with Crippen LogP contribution in [0.3, 0.4) is 0 Å². The van der Waals surface area contributed by atoms with Crippen molar-refractivity contribution < 1.29 is 0 Å². The Morgan fingerprint density at radius 2 is 2.11 bits per heavy atom. The Morgan fingerprint density at radius 1 is 1.32 bits per heavy atom. The van der Waals surface area contributed by atoms with Crippen molar-refractivity contribution in [2.75, 3.05) is 7.05 Å². The normalized spacial score (nSPS) is 12.1. The second-order valence-electron chi connectivity index (χ2n) is 5.39. The third-order valence-corrected chi connectivity index (χ3v) is 3.73. The number of nitrogens with zero attached hydrogens (tertiary/aromatic N) is 3. The maximum Gasteiger partial charge on any atom is 0.214 e. The number of imidazole rings is 2. The van der Waals surface area contributed by atoms with E-state index in [0.717, 1.165) is 17.8 Å². The molecule has 0 aliphatic carbocycles. The van der Waals surface area contributed by atoms with E-state index in [1.807, 2.05) is 7.05 Å². The number of fused-ring (bicyclic) bond motifs is 3. The first-order valence-electron chi connectivity index (χ1n) is 6.72. The van der Waals surface area contributed by atoms with Crippen molar-refractivity contribution in [3.63, 3.8) is 0 Å². The molecule has 0 atom stereocenters.